The molecule has 1 amide bonds. The van der Waals surface area contributed by atoms with Crippen LogP contribution < -0.4 is 11.1 Å². The van der Waals surface area contributed by atoms with E-state index in [4.69, 9.17) is 5.73 Å². The van der Waals surface area contributed by atoms with Crippen LogP contribution in [-0.4, -0.2) is 11.7 Å². The normalized spacial score (nSPS) is 19.2. The van der Waals surface area contributed by atoms with Crippen molar-refractivity contribution in [2.45, 2.75) is 13.0 Å². The molecule has 2 rings (SSSR count). The topological polar surface area (TPSA) is 67.5 Å². The third kappa shape index (κ3) is 1.35. The van der Waals surface area contributed by atoms with Crippen LogP contribution in [0.5, 0.6) is 0 Å². The number of aliphatic imine (C=N–C) groups is 1. The number of primary amides is 1. The van der Waals surface area contributed by atoms with E-state index >= 15 is 0 Å². The Labute approximate surface area is 81.8 Å². The van der Waals surface area contributed by atoms with Crippen LogP contribution >= 0.6 is 0 Å². The van der Waals surface area contributed by atoms with Crippen molar-refractivity contribution in [2.24, 2.45) is 10.7 Å². The van der Waals surface area contributed by atoms with Crippen LogP contribution in [-0.2, 0) is 4.79 Å². The smallest absolute Gasteiger partial charge is 0.246 e. The first-order valence-corrected chi connectivity index (χ1v) is 4.38. The fourth-order valence-electron chi connectivity index (χ4n) is 1.56. The Morgan fingerprint density at radius 1 is 1.50 bits per heavy atom. The fraction of sp³-hybridized carbons (Fsp3) is 0.200. The number of fused-ring (bicyclic) bond motifs is 1. The molecule has 1 aliphatic heterocycles. The molecule has 4 heteroatoms. The van der Waals surface area contributed by atoms with E-state index in [2.05, 4.69) is 10.3 Å². The van der Waals surface area contributed by atoms with Gasteiger partial charge < -0.3 is 11.1 Å². The van der Waals surface area contributed by atoms with Gasteiger partial charge in [0, 0.05) is 11.3 Å². The van der Waals surface area contributed by atoms with Crippen LogP contribution in [0.25, 0.3) is 0 Å². The molecule has 1 atom stereocenters. The molecule has 1 unspecified atom stereocenters. The SMILES string of the molecule is CC1=NC(C(N)=O)c2ccccc2N1. The van der Waals surface area contributed by atoms with Gasteiger partial charge in [-0.2, -0.15) is 0 Å². The number of rotatable bonds is 1. The van der Waals surface area contributed by atoms with Gasteiger partial charge in [-0.3, -0.25) is 9.79 Å². The Kier molecular flexibility index (Phi) is 1.96. The van der Waals surface area contributed by atoms with Gasteiger partial charge in [0.2, 0.25) is 5.91 Å². The van der Waals surface area contributed by atoms with Gasteiger partial charge in [0.25, 0.3) is 0 Å². The Morgan fingerprint density at radius 3 is 2.93 bits per heavy atom. The molecule has 1 aromatic rings. The highest BCUT2D eigenvalue weighted by atomic mass is 16.1. The third-order valence-electron chi connectivity index (χ3n) is 2.16. The first-order chi connectivity index (χ1) is 6.68. The highest BCUT2D eigenvalue weighted by molar-refractivity contribution is 6.00. The van der Waals surface area contributed by atoms with E-state index in [0.29, 0.717) is 5.84 Å². The quantitative estimate of drug-likeness (QED) is 0.693. The molecule has 0 aromatic heterocycles. The van der Waals surface area contributed by atoms with Gasteiger partial charge in [-0.15, -0.1) is 0 Å². The van der Waals surface area contributed by atoms with Crippen molar-refractivity contribution >= 4 is 17.4 Å². The van der Waals surface area contributed by atoms with Crippen molar-refractivity contribution < 1.29 is 4.79 Å². The molecule has 0 bridgehead atoms. The predicted molar refractivity (Wildman–Crippen MR) is 55.1 cm³/mol. The first kappa shape index (κ1) is 8.74. The summed E-state index contributed by atoms with van der Waals surface area (Å²) in [6.45, 7) is 1.81. The van der Waals surface area contributed by atoms with Gasteiger partial charge in [-0.25, -0.2) is 0 Å². The summed E-state index contributed by atoms with van der Waals surface area (Å²) in [5.41, 5.74) is 7.02. The molecule has 0 saturated carbocycles. The molecule has 72 valence electrons. The van der Waals surface area contributed by atoms with Gasteiger partial charge in [-0.1, -0.05) is 18.2 Å². The maximum Gasteiger partial charge on any atom is 0.246 e. The van der Waals surface area contributed by atoms with Crippen LogP contribution in [0, 0.1) is 0 Å². The Hall–Kier alpha value is -1.84. The van der Waals surface area contributed by atoms with Crippen molar-refractivity contribution in [3.63, 3.8) is 0 Å². The molecule has 1 aliphatic rings. The summed E-state index contributed by atoms with van der Waals surface area (Å²) in [6.07, 6.45) is 0. The molecule has 0 radical (unpaired) electrons. The molecule has 0 fully saturated rings. The number of hydrogen-bond acceptors (Lipinski definition) is 3. The fourth-order valence-corrected chi connectivity index (χ4v) is 1.56. The van der Waals surface area contributed by atoms with E-state index in [1.165, 1.54) is 0 Å². The molecule has 1 heterocycles. The average Bonchev–Trinajstić information content (AvgIpc) is 2.16. The number of anilines is 1. The molecule has 3 N–H and O–H groups in total. The van der Waals surface area contributed by atoms with E-state index in [1.807, 2.05) is 31.2 Å². The summed E-state index contributed by atoms with van der Waals surface area (Å²) in [7, 11) is 0. The zero-order chi connectivity index (χ0) is 10.1. The second kappa shape index (κ2) is 3.14. The number of benzene rings is 1. The third-order valence-corrected chi connectivity index (χ3v) is 2.16. The van der Waals surface area contributed by atoms with Gasteiger partial charge >= 0.3 is 0 Å². The van der Waals surface area contributed by atoms with Crippen molar-refractivity contribution in [2.75, 3.05) is 5.32 Å². The second-order valence-electron chi connectivity index (χ2n) is 3.23. The monoisotopic (exact) mass is 189 g/mol. The number of amides is 1. The molecule has 0 spiro atoms. The van der Waals surface area contributed by atoms with Crippen molar-refractivity contribution in [3.8, 4) is 0 Å². The number of nitrogens with two attached hydrogens (primary N) is 1. The number of carbonyl (C=O) groups is 1. The van der Waals surface area contributed by atoms with Gasteiger partial charge in [0.15, 0.2) is 6.04 Å². The van der Waals surface area contributed by atoms with Crippen LogP contribution in [0.2, 0.25) is 0 Å². The van der Waals surface area contributed by atoms with Crippen molar-refractivity contribution in [1.29, 1.82) is 0 Å². The van der Waals surface area contributed by atoms with Crippen LogP contribution in [0.3, 0.4) is 0 Å². The lowest BCUT2D eigenvalue weighted by atomic mass is 10.0. The summed E-state index contributed by atoms with van der Waals surface area (Å²) < 4.78 is 0. The zero-order valence-corrected chi connectivity index (χ0v) is 7.82. The number of carbonyl (C=O) groups excluding carboxylic acids is 1. The highest BCUT2D eigenvalue weighted by Gasteiger charge is 2.23. The molecule has 1 aromatic carbocycles. The van der Waals surface area contributed by atoms with E-state index < -0.39 is 11.9 Å². The minimum Gasteiger partial charge on any atom is -0.368 e. The Balaban J connectivity index is 2.51. The summed E-state index contributed by atoms with van der Waals surface area (Å²) in [6, 6.07) is 6.99. The Morgan fingerprint density at radius 2 is 2.21 bits per heavy atom. The number of nitrogens with zero attached hydrogens (tertiary/aromatic N) is 1. The zero-order valence-electron chi connectivity index (χ0n) is 7.82. The number of nitrogens with one attached hydrogen (secondary N) is 1. The largest absolute Gasteiger partial charge is 0.368 e. The van der Waals surface area contributed by atoms with E-state index in [9.17, 15) is 4.79 Å². The van der Waals surface area contributed by atoms with Crippen LogP contribution in [0.4, 0.5) is 5.69 Å². The van der Waals surface area contributed by atoms with E-state index in [1.54, 1.807) is 0 Å². The van der Waals surface area contributed by atoms with Crippen molar-refractivity contribution in [1.82, 2.24) is 0 Å². The molecule has 0 saturated heterocycles. The molecule has 14 heavy (non-hydrogen) atoms. The van der Waals surface area contributed by atoms with Crippen LogP contribution in [0.15, 0.2) is 29.3 Å². The maximum absolute atomic E-state index is 11.2. The van der Waals surface area contributed by atoms with Crippen LogP contribution in [0.1, 0.15) is 18.5 Å². The van der Waals surface area contributed by atoms with Gasteiger partial charge in [-0.05, 0) is 13.0 Å². The summed E-state index contributed by atoms with van der Waals surface area (Å²) >= 11 is 0. The molecule has 0 aliphatic carbocycles. The number of amidine groups is 1. The summed E-state index contributed by atoms with van der Waals surface area (Å²) in [5, 5.41) is 3.09. The minimum atomic E-state index is -0.549. The number of para-hydroxylation sites is 1. The lowest BCUT2D eigenvalue weighted by molar-refractivity contribution is -0.119. The van der Waals surface area contributed by atoms with Gasteiger partial charge in [0.1, 0.15) is 0 Å². The second-order valence-corrected chi connectivity index (χ2v) is 3.23. The molecular formula is C10H11N3O. The van der Waals surface area contributed by atoms with Crippen molar-refractivity contribution in [3.05, 3.63) is 29.8 Å². The molecule has 4 nitrogen and oxygen atoms in total. The maximum atomic E-state index is 11.2. The van der Waals surface area contributed by atoms with E-state index in [0.717, 1.165) is 11.3 Å². The number of hydrogen-bond donors (Lipinski definition) is 2. The molecular weight excluding hydrogens is 178 g/mol. The summed E-state index contributed by atoms with van der Waals surface area (Å²) in [4.78, 5) is 15.3. The standard InChI is InChI=1S/C10H11N3O/c1-6-12-8-5-3-2-4-7(8)9(13-6)10(11)14/h2-5,9H,1H3,(H2,11,14)(H,12,13). The minimum absolute atomic E-state index is 0.418. The van der Waals surface area contributed by atoms with E-state index in [-0.39, 0.29) is 0 Å². The Bertz CT molecular complexity index is 412. The lowest BCUT2D eigenvalue weighted by Gasteiger charge is -2.21. The van der Waals surface area contributed by atoms with Gasteiger partial charge in [0.05, 0.1) is 5.84 Å². The summed E-state index contributed by atoms with van der Waals surface area (Å²) in [5.74, 6) is 0.297. The average molecular weight is 189 g/mol. The predicted octanol–water partition coefficient (Wildman–Crippen LogP) is 1.06. The highest BCUT2D eigenvalue weighted by Crippen LogP contribution is 2.28. The lowest BCUT2D eigenvalue weighted by Crippen LogP contribution is -2.26. The first-order valence-electron chi connectivity index (χ1n) is 4.38.